The molecule has 1 aromatic heterocycles. The highest BCUT2D eigenvalue weighted by molar-refractivity contribution is 5.84. The zero-order chi connectivity index (χ0) is 13.7. The number of nitrogens with one attached hydrogen (secondary N) is 1. The van der Waals surface area contributed by atoms with Crippen molar-refractivity contribution in [3.8, 4) is 0 Å². The first kappa shape index (κ1) is 12.4. The molecule has 108 valence electrons. The lowest BCUT2D eigenvalue weighted by molar-refractivity contribution is -0.00926. The van der Waals surface area contributed by atoms with Crippen molar-refractivity contribution >= 4 is 5.97 Å². The van der Waals surface area contributed by atoms with Crippen LogP contribution >= 0.6 is 0 Å². The van der Waals surface area contributed by atoms with Crippen LogP contribution in [0.3, 0.4) is 0 Å². The molecule has 4 aliphatic rings. The molecule has 0 radical (unpaired) electrons. The van der Waals surface area contributed by atoms with Crippen molar-refractivity contribution < 1.29 is 9.53 Å². The van der Waals surface area contributed by atoms with Gasteiger partial charge in [0.15, 0.2) is 0 Å². The van der Waals surface area contributed by atoms with E-state index < -0.39 is 5.97 Å². The van der Waals surface area contributed by atoms with E-state index in [0.29, 0.717) is 6.61 Å². The molecule has 20 heavy (non-hydrogen) atoms. The largest absolute Gasteiger partial charge is 0.460 e. The van der Waals surface area contributed by atoms with Gasteiger partial charge in [0.2, 0.25) is 0 Å². The quantitative estimate of drug-likeness (QED) is 0.860. The van der Waals surface area contributed by atoms with Gasteiger partial charge in [-0.1, -0.05) is 0 Å². The Bertz CT molecular complexity index is 502. The van der Waals surface area contributed by atoms with E-state index in [4.69, 9.17) is 4.74 Å². The van der Waals surface area contributed by atoms with Crippen LogP contribution in [0, 0.1) is 17.8 Å². The summed E-state index contributed by atoms with van der Waals surface area (Å²) in [4.78, 5) is 16.2. The van der Waals surface area contributed by atoms with E-state index in [1.165, 1.54) is 38.5 Å². The first-order valence-corrected chi connectivity index (χ1v) is 7.78. The fourth-order valence-corrected chi connectivity index (χ4v) is 5.19. The summed E-state index contributed by atoms with van der Waals surface area (Å²) in [6.45, 7) is 2.16. The Morgan fingerprint density at radius 3 is 2.40 bits per heavy atom. The van der Waals surface area contributed by atoms with Crippen LogP contribution in [0.2, 0.25) is 0 Å². The minimum atomic E-state index is -0.417. The molecule has 4 bridgehead atoms. The third-order valence-corrected chi connectivity index (χ3v) is 5.48. The highest BCUT2D eigenvalue weighted by atomic mass is 16.5. The lowest BCUT2D eigenvalue weighted by Crippen LogP contribution is -2.49. The van der Waals surface area contributed by atoms with Gasteiger partial charge in [0.1, 0.15) is 5.82 Å². The Labute approximate surface area is 118 Å². The third-order valence-electron chi connectivity index (χ3n) is 5.48. The van der Waals surface area contributed by atoms with E-state index in [0.717, 1.165) is 23.6 Å². The summed E-state index contributed by atoms with van der Waals surface area (Å²) in [5.74, 6) is 3.28. The zero-order valence-corrected chi connectivity index (χ0v) is 11.9. The van der Waals surface area contributed by atoms with E-state index in [9.17, 15) is 4.79 Å². The highest BCUT2D eigenvalue weighted by Gasteiger charge is 2.53. The van der Waals surface area contributed by atoms with Crippen molar-refractivity contribution in [1.29, 1.82) is 0 Å². The number of H-pyrrole nitrogens is 1. The first-order valence-electron chi connectivity index (χ1n) is 7.78. The predicted molar refractivity (Wildman–Crippen MR) is 72.2 cm³/mol. The van der Waals surface area contributed by atoms with Gasteiger partial charge in [-0.25, -0.2) is 9.78 Å². The summed E-state index contributed by atoms with van der Waals surface area (Å²) in [6.07, 6.45) is 7.86. The van der Waals surface area contributed by atoms with Gasteiger partial charge in [-0.15, -0.1) is 5.10 Å². The molecule has 0 amide bonds. The van der Waals surface area contributed by atoms with Crippen LogP contribution in [0.4, 0.5) is 0 Å². The molecular formula is C15H21N3O2. The average molecular weight is 275 g/mol. The number of rotatable bonds is 3. The first-order chi connectivity index (χ1) is 9.68. The van der Waals surface area contributed by atoms with E-state index in [-0.39, 0.29) is 11.2 Å². The molecule has 0 atom stereocenters. The van der Waals surface area contributed by atoms with Crippen LogP contribution in [0.25, 0.3) is 0 Å². The number of aromatic nitrogens is 3. The number of hydrogen-bond acceptors (Lipinski definition) is 4. The Hall–Kier alpha value is -1.39. The van der Waals surface area contributed by atoms with Crippen LogP contribution in [0.5, 0.6) is 0 Å². The molecule has 0 aliphatic heterocycles. The van der Waals surface area contributed by atoms with E-state index in [1.54, 1.807) is 6.92 Å². The van der Waals surface area contributed by atoms with Crippen LogP contribution < -0.4 is 0 Å². The maximum Gasteiger partial charge on any atom is 0.378 e. The van der Waals surface area contributed by atoms with Crippen molar-refractivity contribution in [3.63, 3.8) is 0 Å². The van der Waals surface area contributed by atoms with Crippen molar-refractivity contribution in [2.24, 2.45) is 17.8 Å². The zero-order valence-electron chi connectivity index (χ0n) is 11.9. The van der Waals surface area contributed by atoms with Crippen LogP contribution in [0.1, 0.15) is 61.9 Å². The molecular weight excluding hydrogens is 254 g/mol. The molecule has 0 unspecified atom stereocenters. The standard InChI is InChI=1S/C15H21N3O2/c1-2-20-13(19)12-16-14(18-17-12)15-6-9-3-10(7-15)5-11(4-9)8-15/h9-11H,2-8H2,1H3,(H,16,17,18). The Morgan fingerprint density at radius 1 is 1.25 bits per heavy atom. The Balaban J connectivity index is 1.62. The monoisotopic (exact) mass is 275 g/mol. The molecule has 5 heteroatoms. The van der Waals surface area contributed by atoms with Gasteiger partial charge in [0.05, 0.1) is 6.61 Å². The number of ether oxygens (including phenoxy) is 1. The lowest BCUT2D eigenvalue weighted by atomic mass is 9.49. The normalized spacial score (nSPS) is 38.1. The van der Waals surface area contributed by atoms with E-state index >= 15 is 0 Å². The smallest absolute Gasteiger partial charge is 0.378 e. The van der Waals surface area contributed by atoms with Crippen molar-refractivity contribution in [3.05, 3.63) is 11.6 Å². The number of carbonyl (C=O) groups is 1. The molecule has 4 fully saturated rings. The highest BCUT2D eigenvalue weighted by Crippen LogP contribution is 2.60. The number of nitrogens with zero attached hydrogens (tertiary/aromatic N) is 2. The van der Waals surface area contributed by atoms with Gasteiger partial charge < -0.3 is 4.74 Å². The second kappa shape index (κ2) is 4.30. The summed E-state index contributed by atoms with van der Waals surface area (Å²) in [7, 11) is 0. The molecule has 4 aliphatic carbocycles. The van der Waals surface area contributed by atoms with Gasteiger partial charge in [0.25, 0.3) is 5.82 Å². The molecule has 0 spiro atoms. The Morgan fingerprint density at radius 2 is 1.85 bits per heavy atom. The maximum absolute atomic E-state index is 11.7. The minimum Gasteiger partial charge on any atom is -0.460 e. The summed E-state index contributed by atoms with van der Waals surface area (Å²) < 4.78 is 4.98. The van der Waals surface area contributed by atoms with Gasteiger partial charge in [-0.3, -0.25) is 5.10 Å². The van der Waals surface area contributed by atoms with Gasteiger partial charge in [-0.2, -0.15) is 0 Å². The number of aromatic amines is 1. The van der Waals surface area contributed by atoms with Crippen LogP contribution in [0.15, 0.2) is 0 Å². The van der Waals surface area contributed by atoms with Crippen LogP contribution in [-0.4, -0.2) is 27.8 Å². The summed E-state index contributed by atoms with van der Waals surface area (Å²) in [5, 5.41) is 7.12. The minimum absolute atomic E-state index is 0.159. The number of hydrogen-bond donors (Lipinski definition) is 1. The predicted octanol–water partition coefficient (Wildman–Crippen LogP) is 2.45. The fourth-order valence-electron chi connectivity index (χ4n) is 5.19. The molecule has 5 rings (SSSR count). The average Bonchev–Trinajstić information content (AvgIpc) is 2.87. The lowest BCUT2D eigenvalue weighted by Gasteiger charge is -2.55. The fraction of sp³-hybridized carbons (Fsp3) is 0.800. The van der Waals surface area contributed by atoms with E-state index in [1.807, 2.05) is 0 Å². The molecule has 1 N–H and O–H groups in total. The number of carbonyl (C=O) groups excluding carboxylic acids is 1. The van der Waals surface area contributed by atoms with Crippen molar-refractivity contribution in [2.75, 3.05) is 6.61 Å². The second-order valence-electron chi connectivity index (χ2n) is 6.93. The molecule has 1 aromatic rings. The topological polar surface area (TPSA) is 67.9 Å². The van der Waals surface area contributed by atoms with Gasteiger partial charge in [-0.05, 0) is 63.2 Å². The van der Waals surface area contributed by atoms with E-state index in [2.05, 4.69) is 15.2 Å². The second-order valence-corrected chi connectivity index (χ2v) is 6.93. The maximum atomic E-state index is 11.7. The molecule has 4 saturated carbocycles. The van der Waals surface area contributed by atoms with Crippen LogP contribution in [-0.2, 0) is 10.2 Å². The Kier molecular flexibility index (Phi) is 2.66. The summed E-state index contributed by atoms with van der Waals surface area (Å²) in [6, 6.07) is 0. The molecule has 0 aromatic carbocycles. The van der Waals surface area contributed by atoms with Gasteiger partial charge >= 0.3 is 5.97 Å². The van der Waals surface area contributed by atoms with Gasteiger partial charge in [0, 0.05) is 5.41 Å². The third kappa shape index (κ3) is 1.79. The summed E-state index contributed by atoms with van der Waals surface area (Å²) >= 11 is 0. The summed E-state index contributed by atoms with van der Waals surface area (Å²) in [5.41, 5.74) is 0.159. The van der Waals surface area contributed by atoms with Crippen molar-refractivity contribution in [1.82, 2.24) is 15.2 Å². The molecule has 0 saturated heterocycles. The molecule has 5 nitrogen and oxygen atoms in total. The van der Waals surface area contributed by atoms with Crippen molar-refractivity contribution in [2.45, 2.75) is 50.9 Å². The molecule has 1 heterocycles. The number of esters is 1. The SMILES string of the molecule is CCOC(=O)c1n[nH]c(C23CC4CC(CC(C4)C2)C3)n1.